The zero-order valence-electron chi connectivity index (χ0n) is 10.3. The van der Waals surface area contributed by atoms with Crippen LogP contribution in [0.5, 0.6) is 0 Å². The highest BCUT2D eigenvalue weighted by molar-refractivity contribution is 9.10. The number of carbonyl (C=O) groups excluding carboxylic acids is 1. The zero-order chi connectivity index (χ0) is 13.2. The van der Waals surface area contributed by atoms with Gasteiger partial charge in [-0.25, -0.2) is 4.98 Å². The smallest absolute Gasteiger partial charge is 0.269 e. The minimum atomic E-state index is -0.120. The van der Waals surface area contributed by atoms with E-state index in [1.54, 1.807) is 12.1 Å². The summed E-state index contributed by atoms with van der Waals surface area (Å²) >= 11 is 3.27. The lowest BCUT2D eigenvalue weighted by molar-refractivity contribution is 0.0945. The van der Waals surface area contributed by atoms with Gasteiger partial charge >= 0.3 is 0 Å². The number of hydrogen-bond acceptors (Lipinski definition) is 2. The van der Waals surface area contributed by atoms with E-state index in [1.165, 1.54) is 11.1 Å². The molecule has 1 unspecified atom stereocenters. The first-order valence-corrected chi connectivity index (χ1v) is 7.02. The molecule has 0 spiro atoms. The van der Waals surface area contributed by atoms with Crippen molar-refractivity contribution in [2.75, 3.05) is 6.54 Å². The number of rotatable bonds is 3. The van der Waals surface area contributed by atoms with E-state index in [0.717, 1.165) is 6.42 Å². The Morgan fingerprint density at radius 1 is 1.26 bits per heavy atom. The van der Waals surface area contributed by atoms with Crippen LogP contribution < -0.4 is 5.32 Å². The fourth-order valence-electron chi connectivity index (χ4n) is 2.39. The summed E-state index contributed by atoms with van der Waals surface area (Å²) < 4.78 is 0.675. The second kappa shape index (κ2) is 5.13. The molecule has 0 bridgehead atoms. The van der Waals surface area contributed by atoms with Crippen molar-refractivity contribution in [1.82, 2.24) is 10.3 Å². The summed E-state index contributed by atoms with van der Waals surface area (Å²) in [6.45, 7) is 0.671. The van der Waals surface area contributed by atoms with Crippen molar-refractivity contribution < 1.29 is 4.79 Å². The second-order valence-corrected chi connectivity index (χ2v) is 5.47. The highest BCUT2D eigenvalue weighted by Crippen LogP contribution is 2.33. The average molecular weight is 317 g/mol. The molecule has 1 amide bonds. The number of aromatic nitrogens is 1. The van der Waals surface area contributed by atoms with Crippen molar-refractivity contribution in [3.05, 3.63) is 63.9 Å². The molecule has 1 aromatic heterocycles. The molecule has 1 aliphatic rings. The van der Waals surface area contributed by atoms with Gasteiger partial charge in [-0.15, -0.1) is 0 Å². The van der Waals surface area contributed by atoms with Crippen molar-refractivity contribution in [3.63, 3.8) is 0 Å². The van der Waals surface area contributed by atoms with Gasteiger partial charge < -0.3 is 5.32 Å². The van der Waals surface area contributed by atoms with Crippen LogP contribution in [0.25, 0.3) is 0 Å². The predicted molar refractivity (Wildman–Crippen MR) is 77.2 cm³/mol. The molecule has 0 saturated carbocycles. The first-order chi connectivity index (χ1) is 9.24. The Hall–Kier alpha value is -1.68. The lowest BCUT2D eigenvalue weighted by Crippen LogP contribution is -2.33. The van der Waals surface area contributed by atoms with Crippen LogP contribution >= 0.6 is 15.9 Å². The molecule has 1 heterocycles. The Morgan fingerprint density at radius 2 is 2.11 bits per heavy atom. The maximum Gasteiger partial charge on any atom is 0.269 e. The third kappa shape index (κ3) is 2.54. The van der Waals surface area contributed by atoms with Gasteiger partial charge in [-0.05, 0) is 45.6 Å². The molecule has 1 aromatic carbocycles. The summed E-state index contributed by atoms with van der Waals surface area (Å²) in [4.78, 5) is 16.1. The van der Waals surface area contributed by atoms with E-state index >= 15 is 0 Å². The minimum absolute atomic E-state index is 0.120. The fraction of sp³-hybridized carbons (Fsp3) is 0.200. The minimum Gasteiger partial charge on any atom is -0.350 e. The lowest BCUT2D eigenvalue weighted by Gasteiger charge is -2.30. The maximum atomic E-state index is 12.0. The molecular formula is C15H13BrN2O. The van der Waals surface area contributed by atoms with E-state index in [-0.39, 0.29) is 5.91 Å². The van der Waals surface area contributed by atoms with Crippen LogP contribution in [0.3, 0.4) is 0 Å². The molecule has 3 rings (SSSR count). The summed E-state index contributed by atoms with van der Waals surface area (Å²) in [5.41, 5.74) is 3.19. The van der Waals surface area contributed by atoms with Crippen molar-refractivity contribution in [2.24, 2.45) is 0 Å². The second-order valence-electron chi connectivity index (χ2n) is 4.66. The normalized spacial score (nSPS) is 16.4. The van der Waals surface area contributed by atoms with E-state index in [2.05, 4.69) is 44.4 Å². The van der Waals surface area contributed by atoms with Gasteiger partial charge in [-0.2, -0.15) is 0 Å². The Balaban J connectivity index is 1.61. The molecule has 0 aliphatic heterocycles. The van der Waals surface area contributed by atoms with Gasteiger partial charge in [-0.3, -0.25) is 4.79 Å². The molecule has 3 nitrogen and oxygen atoms in total. The molecule has 0 saturated heterocycles. The molecule has 2 aromatic rings. The Kier molecular flexibility index (Phi) is 3.34. The Morgan fingerprint density at radius 3 is 2.89 bits per heavy atom. The van der Waals surface area contributed by atoms with E-state index in [1.807, 2.05) is 12.1 Å². The molecule has 0 fully saturated rings. The van der Waals surface area contributed by atoms with Crippen LogP contribution in [0.15, 0.2) is 47.1 Å². The summed E-state index contributed by atoms with van der Waals surface area (Å²) in [5, 5.41) is 2.95. The molecule has 4 heteroatoms. The van der Waals surface area contributed by atoms with E-state index in [9.17, 15) is 4.79 Å². The Bertz CT molecular complexity index is 627. The predicted octanol–water partition coefficient (Wildman–Crippen LogP) is 2.91. The zero-order valence-corrected chi connectivity index (χ0v) is 11.9. The maximum absolute atomic E-state index is 12.0. The molecule has 19 heavy (non-hydrogen) atoms. The number of carbonyl (C=O) groups is 1. The van der Waals surface area contributed by atoms with Crippen molar-refractivity contribution in [3.8, 4) is 0 Å². The molecule has 1 aliphatic carbocycles. The quantitative estimate of drug-likeness (QED) is 0.885. The van der Waals surface area contributed by atoms with Gasteiger partial charge in [0.25, 0.3) is 5.91 Å². The van der Waals surface area contributed by atoms with E-state index < -0.39 is 0 Å². The third-order valence-corrected chi connectivity index (χ3v) is 3.86. The molecule has 0 radical (unpaired) electrons. The van der Waals surface area contributed by atoms with E-state index in [0.29, 0.717) is 22.8 Å². The number of pyridine rings is 1. The highest BCUT2D eigenvalue weighted by Gasteiger charge is 2.25. The largest absolute Gasteiger partial charge is 0.350 e. The number of fused-ring (bicyclic) bond motifs is 1. The van der Waals surface area contributed by atoms with Crippen LogP contribution in [0.1, 0.15) is 27.5 Å². The number of benzene rings is 1. The van der Waals surface area contributed by atoms with Crippen LogP contribution in [0.4, 0.5) is 0 Å². The number of halogens is 1. The first-order valence-electron chi connectivity index (χ1n) is 6.22. The monoisotopic (exact) mass is 316 g/mol. The van der Waals surface area contributed by atoms with Crippen LogP contribution in [0.2, 0.25) is 0 Å². The van der Waals surface area contributed by atoms with Gasteiger partial charge in [0.15, 0.2) is 0 Å². The number of nitrogens with one attached hydrogen (secondary N) is 1. The average Bonchev–Trinajstić information content (AvgIpc) is 2.39. The first kappa shape index (κ1) is 12.4. The van der Waals surface area contributed by atoms with E-state index in [4.69, 9.17) is 0 Å². The molecular weight excluding hydrogens is 304 g/mol. The SMILES string of the molecule is O=C(NCC1Cc2ccccc21)c1cccc(Br)n1. The lowest BCUT2D eigenvalue weighted by atomic mass is 9.77. The molecule has 96 valence electrons. The topological polar surface area (TPSA) is 42.0 Å². The third-order valence-electron chi connectivity index (χ3n) is 3.42. The van der Waals surface area contributed by atoms with Crippen LogP contribution in [-0.4, -0.2) is 17.4 Å². The van der Waals surface area contributed by atoms with Gasteiger partial charge in [0.1, 0.15) is 10.3 Å². The van der Waals surface area contributed by atoms with Crippen molar-refractivity contribution in [1.29, 1.82) is 0 Å². The number of nitrogens with zero attached hydrogens (tertiary/aromatic N) is 1. The van der Waals surface area contributed by atoms with Crippen LogP contribution in [-0.2, 0) is 6.42 Å². The van der Waals surface area contributed by atoms with Crippen LogP contribution in [0, 0.1) is 0 Å². The van der Waals surface area contributed by atoms with Gasteiger partial charge in [0.05, 0.1) is 0 Å². The highest BCUT2D eigenvalue weighted by atomic mass is 79.9. The van der Waals surface area contributed by atoms with Gasteiger partial charge in [0.2, 0.25) is 0 Å². The standard InChI is InChI=1S/C15H13BrN2O/c16-14-7-3-6-13(18-14)15(19)17-9-11-8-10-4-1-2-5-12(10)11/h1-7,11H,8-9H2,(H,17,19). The Labute approximate surface area is 120 Å². The van der Waals surface area contributed by atoms with Gasteiger partial charge in [-0.1, -0.05) is 30.3 Å². The number of amides is 1. The summed E-state index contributed by atoms with van der Waals surface area (Å²) in [6.07, 6.45) is 1.04. The van der Waals surface area contributed by atoms with Gasteiger partial charge in [0, 0.05) is 12.5 Å². The van der Waals surface area contributed by atoms with Crippen molar-refractivity contribution >= 4 is 21.8 Å². The molecule has 1 N–H and O–H groups in total. The molecule has 1 atom stereocenters. The van der Waals surface area contributed by atoms with Crippen molar-refractivity contribution in [2.45, 2.75) is 12.3 Å². The summed E-state index contributed by atoms with van der Waals surface area (Å²) in [5.74, 6) is 0.318. The fourth-order valence-corrected chi connectivity index (χ4v) is 2.73. The summed E-state index contributed by atoms with van der Waals surface area (Å²) in [7, 11) is 0. The summed E-state index contributed by atoms with van der Waals surface area (Å²) in [6, 6.07) is 13.7. The number of hydrogen-bond donors (Lipinski definition) is 1.